The largest absolute Gasteiger partial charge is 0.379 e. The Labute approximate surface area is 166 Å². The number of halogens is 1. The van der Waals surface area contributed by atoms with Gasteiger partial charge < -0.3 is 15.0 Å². The second kappa shape index (κ2) is 9.58. The van der Waals surface area contributed by atoms with Crippen LogP contribution in [0.25, 0.3) is 0 Å². The third kappa shape index (κ3) is 5.16. The molecule has 0 saturated carbocycles. The fourth-order valence-electron chi connectivity index (χ4n) is 4.08. The van der Waals surface area contributed by atoms with Gasteiger partial charge >= 0.3 is 0 Å². The van der Waals surface area contributed by atoms with Gasteiger partial charge in [-0.15, -0.1) is 0 Å². The number of piperidine rings is 1. The van der Waals surface area contributed by atoms with E-state index in [2.05, 4.69) is 22.2 Å². The molecule has 2 aliphatic heterocycles. The number of carbonyl (C=O) groups is 2. The van der Waals surface area contributed by atoms with E-state index in [-0.39, 0.29) is 35.6 Å². The van der Waals surface area contributed by atoms with Gasteiger partial charge in [0.15, 0.2) is 5.78 Å². The third-order valence-electron chi connectivity index (χ3n) is 5.97. The molecule has 2 fully saturated rings. The maximum Gasteiger partial charge on any atom is 0.220 e. The summed E-state index contributed by atoms with van der Waals surface area (Å²) in [6.07, 6.45) is 2.09. The molecule has 1 aromatic rings. The highest BCUT2D eigenvalue weighted by Gasteiger charge is 2.40. The second-order valence-corrected chi connectivity index (χ2v) is 7.81. The first kappa shape index (κ1) is 20.9. The molecule has 0 aliphatic carbocycles. The summed E-state index contributed by atoms with van der Waals surface area (Å²) in [7, 11) is 2.12. The normalized spacial score (nSPS) is 20.6. The topological polar surface area (TPSA) is 61.9 Å². The molecule has 1 aromatic carbocycles. The summed E-state index contributed by atoms with van der Waals surface area (Å²) in [6, 6.07) is 5.90. The quantitative estimate of drug-likeness (QED) is 0.717. The zero-order chi connectivity index (χ0) is 20.0. The lowest BCUT2D eigenvalue weighted by atomic mass is 9.85. The minimum Gasteiger partial charge on any atom is -0.379 e. The predicted octanol–water partition coefficient (Wildman–Crippen LogP) is 1.70. The monoisotopic (exact) mass is 391 g/mol. The highest BCUT2D eigenvalue weighted by atomic mass is 19.1. The fraction of sp³-hybridized carbons (Fsp3) is 0.619. The number of rotatable bonds is 7. The number of amides is 1. The molecular formula is C21H30FN3O3. The Kier molecular flexibility index (Phi) is 7.15. The molecule has 7 heteroatoms. The van der Waals surface area contributed by atoms with Gasteiger partial charge in [-0.1, -0.05) is 12.1 Å². The zero-order valence-corrected chi connectivity index (χ0v) is 16.6. The van der Waals surface area contributed by atoms with Gasteiger partial charge in [0.05, 0.1) is 18.8 Å². The van der Waals surface area contributed by atoms with Gasteiger partial charge in [0.1, 0.15) is 5.82 Å². The van der Waals surface area contributed by atoms with Gasteiger partial charge in [0, 0.05) is 38.0 Å². The van der Waals surface area contributed by atoms with Gasteiger partial charge in [-0.25, -0.2) is 4.39 Å². The minimum atomic E-state index is -0.537. The van der Waals surface area contributed by atoms with Crippen molar-refractivity contribution in [1.82, 2.24) is 15.1 Å². The molecular weight excluding hydrogens is 361 g/mol. The number of benzene rings is 1. The van der Waals surface area contributed by atoms with Crippen molar-refractivity contribution in [2.24, 2.45) is 0 Å². The molecule has 2 heterocycles. The highest BCUT2D eigenvalue weighted by molar-refractivity contribution is 5.98. The molecule has 28 heavy (non-hydrogen) atoms. The lowest BCUT2D eigenvalue weighted by molar-refractivity contribution is -0.122. The average Bonchev–Trinajstić information content (AvgIpc) is 2.73. The van der Waals surface area contributed by atoms with Gasteiger partial charge in [-0.05, 0) is 45.1 Å². The van der Waals surface area contributed by atoms with Gasteiger partial charge in [-0.3, -0.25) is 14.5 Å². The first-order valence-electron chi connectivity index (χ1n) is 10.1. The van der Waals surface area contributed by atoms with Crippen molar-refractivity contribution in [2.45, 2.75) is 31.2 Å². The Morgan fingerprint density at radius 3 is 2.46 bits per heavy atom. The van der Waals surface area contributed by atoms with Crippen LogP contribution in [0.15, 0.2) is 24.3 Å². The van der Waals surface area contributed by atoms with Gasteiger partial charge in [-0.2, -0.15) is 0 Å². The summed E-state index contributed by atoms with van der Waals surface area (Å²) in [4.78, 5) is 29.3. The van der Waals surface area contributed by atoms with Crippen molar-refractivity contribution in [2.75, 3.05) is 53.0 Å². The van der Waals surface area contributed by atoms with E-state index in [1.54, 1.807) is 12.1 Å². The van der Waals surface area contributed by atoms with Crippen LogP contribution < -0.4 is 5.32 Å². The second-order valence-electron chi connectivity index (χ2n) is 7.81. The first-order valence-corrected chi connectivity index (χ1v) is 10.1. The maximum atomic E-state index is 13.7. The summed E-state index contributed by atoms with van der Waals surface area (Å²) < 4.78 is 19.2. The van der Waals surface area contributed by atoms with Crippen molar-refractivity contribution in [3.63, 3.8) is 0 Å². The van der Waals surface area contributed by atoms with Crippen LogP contribution in [0.5, 0.6) is 0 Å². The number of ether oxygens (including phenoxy) is 1. The lowest BCUT2D eigenvalue weighted by Gasteiger charge is -2.49. The SMILES string of the molecule is CN1CCC(CNC(=O)CCC(=O)c2ccccc2F)(N2CCOCC2)CC1. The molecule has 0 aromatic heterocycles. The van der Waals surface area contributed by atoms with Gasteiger partial charge in [0.25, 0.3) is 0 Å². The minimum absolute atomic E-state index is 0.0139. The van der Waals surface area contributed by atoms with Crippen LogP contribution in [0.1, 0.15) is 36.0 Å². The number of carbonyl (C=O) groups excluding carboxylic acids is 2. The lowest BCUT2D eigenvalue weighted by Crippen LogP contribution is -2.62. The predicted molar refractivity (Wildman–Crippen MR) is 105 cm³/mol. The first-order chi connectivity index (χ1) is 13.5. The summed E-state index contributed by atoms with van der Waals surface area (Å²) >= 11 is 0. The summed E-state index contributed by atoms with van der Waals surface area (Å²) in [5.74, 6) is -1.03. The van der Waals surface area contributed by atoms with E-state index in [4.69, 9.17) is 4.74 Å². The van der Waals surface area contributed by atoms with Crippen LogP contribution in [0.2, 0.25) is 0 Å². The number of Topliss-reactive ketones (excluding diaryl/α,β-unsaturated/α-hetero) is 1. The molecule has 3 rings (SSSR count). The molecule has 2 saturated heterocycles. The molecule has 1 N–H and O–H groups in total. The molecule has 0 spiro atoms. The van der Waals surface area contributed by atoms with Crippen LogP contribution in [0.4, 0.5) is 4.39 Å². The standard InChI is InChI=1S/C21H30FN3O3/c1-24-10-8-21(9-11-24,25-12-14-28-15-13-25)16-23-20(27)7-6-19(26)17-4-2-3-5-18(17)22/h2-5H,6-16H2,1H3,(H,23,27). The molecule has 0 atom stereocenters. The highest BCUT2D eigenvalue weighted by Crippen LogP contribution is 2.29. The molecule has 0 bridgehead atoms. The summed E-state index contributed by atoms with van der Waals surface area (Å²) in [5, 5.41) is 3.04. The van der Waals surface area contributed by atoms with Crippen LogP contribution >= 0.6 is 0 Å². The Bertz CT molecular complexity index is 683. The van der Waals surface area contributed by atoms with Crippen molar-refractivity contribution >= 4 is 11.7 Å². The van der Waals surface area contributed by atoms with Crippen molar-refractivity contribution in [1.29, 1.82) is 0 Å². The molecule has 1 amide bonds. The van der Waals surface area contributed by atoms with E-state index in [9.17, 15) is 14.0 Å². The van der Waals surface area contributed by atoms with Crippen LogP contribution in [-0.2, 0) is 9.53 Å². The Balaban J connectivity index is 1.53. The van der Waals surface area contributed by atoms with Crippen molar-refractivity contribution < 1.29 is 18.7 Å². The van der Waals surface area contributed by atoms with Crippen molar-refractivity contribution in [3.8, 4) is 0 Å². The Hall–Kier alpha value is -1.83. The van der Waals surface area contributed by atoms with Gasteiger partial charge in [0.2, 0.25) is 5.91 Å². The van der Waals surface area contributed by atoms with E-state index in [0.717, 1.165) is 52.2 Å². The van der Waals surface area contributed by atoms with E-state index >= 15 is 0 Å². The Morgan fingerprint density at radius 2 is 1.79 bits per heavy atom. The number of likely N-dealkylation sites (tertiary alicyclic amines) is 1. The smallest absolute Gasteiger partial charge is 0.220 e. The molecule has 0 unspecified atom stereocenters. The fourth-order valence-corrected chi connectivity index (χ4v) is 4.08. The number of nitrogens with one attached hydrogen (secondary N) is 1. The van der Waals surface area contributed by atoms with Crippen molar-refractivity contribution in [3.05, 3.63) is 35.6 Å². The van der Waals surface area contributed by atoms with E-state index in [1.165, 1.54) is 12.1 Å². The number of ketones is 1. The maximum absolute atomic E-state index is 13.7. The van der Waals surface area contributed by atoms with Crippen LogP contribution in [0.3, 0.4) is 0 Å². The molecule has 0 radical (unpaired) electrons. The molecule has 6 nitrogen and oxygen atoms in total. The number of nitrogens with zero attached hydrogens (tertiary/aromatic N) is 2. The van der Waals surface area contributed by atoms with E-state index in [0.29, 0.717) is 6.54 Å². The average molecular weight is 391 g/mol. The summed E-state index contributed by atoms with van der Waals surface area (Å²) in [5.41, 5.74) is -0.00277. The number of morpholine rings is 1. The van der Waals surface area contributed by atoms with Crippen LogP contribution in [0, 0.1) is 5.82 Å². The third-order valence-corrected chi connectivity index (χ3v) is 5.97. The summed E-state index contributed by atoms with van der Waals surface area (Å²) in [6.45, 7) is 5.79. The zero-order valence-electron chi connectivity index (χ0n) is 16.6. The van der Waals surface area contributed by atoms with Crippen LogP contribution in [-0.4, -0.2) is 80.0 Å². The van der Waals surface area contributed by atoms with E-state index < -0.39 is 5.82 Å². The molecule has 154 valence electrons. The van der Waals surface area contributed by atoms with E-state index in [1.807, 2.05) is 0 Å². The Morgan fingerprint density at radius 1 is 1.11 bits per heavy atom. The number of hydrogen-bond acceptors (Lipinski definition) is 5. The molecule has 2 aliphatic rings. The number of hydrogen-bond donors (Lipinski definition) is 1.